The molecule has 1 aromatic carbocycles. The van der Waals surface area contributed by atoms with E-state index in [0.29, 0.717) is 5.69 Å². The number of halogens is 2. The van der Waals surface area contributed by atoms with Crippen molar-refractivity contribution in [2.45, 2.75) is 13.5 Å². The highest BCUT2D eigenvalue weighted by molar-refractivity contribution is 6.10. The SMILES string of the molecule is CCOC(=O)/C(N)=C/C(=NCc1cccc(F)c1F)c1ccon1. The smallest absolute Gasteiger partial charge is 0.354 e. The maximum absolute atomic E-state index is 13.7. The van der Waals surface area contributed by atoms with Crippen molar-refractivity contribution in [2.24, 2.45) is 10.7 Å². The van der Waals surface area contributed by atoms with E-state index in [9.17, 15) is 13.6 Å². The van der Waals surface area contributed by atoms with Crippen molar-refractivity contribution in [3.63, 3.8) is 0 Å². The Balaban J connectivity index is 2.32. The average Bonchev–Trinajstić information content (AvgIpc) is 3.09. The highest BCUT2D eigenvalue weighted by Crippen LogP contribution is 2.13. The third kappa shape index (κ3) is 4.25. The molecular weight excluding hydrogens is 320 g/mol. The predicted octanol–water partition coefficient (Wildman–Crippen LogP) is 2.35. The molecule has 0 atom stereocenters. The van der Waals surface area contributed by atoms with E-state index >= 15 is 0 Å². The third-order valence-corrected chi connectivity index (χ3v) is 2.95. The lowest BCUT2D eigenvalue weighted by Crippen LogP contribution is -2.17. The van der Waals surface area contributed by atoms with Gasteiger partial charge in [0, 0.05) is 11.6 Å². The fourth-order valence-corrected chi connectivity index (χ4v) is 1.81. The number of hydrogen-bond acceptors (Lipinski definition) is 6. The van der Waals surface area contributed by atoms with Gasteiger partial charge in [-0.3, -0.25) is 4.99 Å². The van der Waals surface area contributed by atoms with Crippen LogP contribution in [0.1, 0.15) is 18.2 Å². The van der Waals surface area contributed by atoms with Crippen LogP contribution in [0, 0.1) is 11.6 Å². The number of aliphatic imine (C=N–C) groups is 1. The van der Waals surface area contributed by atoms with Crippen LogP contribution < -0.4 is 5.73 Å². The predicted molar refractivity (Wildman–Crippen MR) is 82.0 cm³/mol. The lowest BCUT2D eigenvalue weighted by Gasteiger charge is -2.04. The largest absolute Gasteiger partial charge is 0.461 e. The molecule has 6 nitrogen and oxygen atoms in total. The van der Waals surface area contributed by atoms with Crippen molar-refractivity contribution in [3.05, 3.63) is 65.2 Å². The van der Waals surface area contributed by atoms with E-state index in [0.717, 1.165) is 6.07 Å². The Bertz CT molecular complexity index is 771. The third-order valence-electron chi connectivity index (χ3n) is 2.95. The standard InChI is InChI=1S/C16H15F2N3O3/c1-2-23-16(22)12(19)8-14(13-6-7-24-21-13)20-9-10-4-3-5-11(17)15(10)18/h3-8H,2,9,19H2,1H3/b12-8-,20-14?. The first-order chi connectivity index (χ1) is 11.5. The summed E-state index contributed by atoms with van der Waals surface area (Å²) in [6, 6.07) is 5.29. The van der Waals surface area contributed by atoms with E-state index < -0.39 is 17.6 Å². The molecule has 0 aliphatic carbocycles. The number of nitrogens with zero attached hydrogens (tertiary/aromatic N) is 2. The summed E-state index contributed by atoms with van der Waals surface area (Å²) in [5.74, 6) is -2.67. The van der Waals surface area contributed by atoms with Gasteiger partial charge in [0.1, 0.15) is 17.7 Å². The molecule has 126 valence electrons. The van der Waals surface area contributed by atoms with Crippen LogP contribution in [0.3, 0.4) is 0 Å². The first kappa shape index (κ1) is 17.3. The Morgan fingerprint density at radius 3 is 2.88 bits per heavy atom. The molecule has 0 unspecified atom stereocenters. The number of esters is 1. The molecule has 0 aliphatic heterocycles. The number of hydrogen-bond donors (Lipinski definition) is 1. The molecule has 24 heavy (non-hydrogen) atoms. The maximum atomic E-state index is 13.7. The van der Waals surface area contributed by atoms with Crippen LogP contribution in [-0.4, -0.2) is 23.4 Å². The van der Waals surface area contributed by atoms with Crippen molar-refractivity contribution in [1.29, 1.82) is 0 Å². The molecule has 0 saturated heterocycles. The normalized spacial score (nSPS) is 12.3. The fraction of sp³-hybridized carbons (Fsp3) is 0.188. The Morgan fingerprint density at radius 1 is 1.42 bits per heavy atom. The molecule has 8 heteroatoms. The molecule has 1 aromatic heterocycles. The van der Waals surface area contributed by atoms with E-state index in [1.165, 1.54) is 30.5 Å². The van der Waals surface area contributed by atoms with Crippen LogP contribution in [0.2, 0.25) is 0 Å². The van der Waals surface area contributed by atoms with Gasteiger partial charge in [-0.2, -0.15) is 0 Å². The molecule has 0 saturated carbocycles. The minimum atomic E-state index is -0.983. The van der Waals surface area contributed by atoms with Gasteiger partial charge in [0.05, 0.1) is 18.9 Å². The fourth-order valence-electron chi connectivity index (χ4n) is 1.81. The molecule has 0 amide bonds. The average molecular weight is 335 g/mol. The van der Waals surface area contributed by atoms with E-state index in [1.54, 1.807) is 6.92 Å². The van der Waals surface area contributed by atoms with E-state index in [2.05, 4.69) is 10.1 Å². The summed E-state index contributed by atoms with van der Waals surface area (Å²) in [5, 5.41) is 3.70. The lowest BCUT2D eigenvalue weighted by molar-refractivity contribution is -0.138. The van der Waals surface area contributed by atoms with Crippen LogP contribution >= 0.6 is 0 Å². The van der Waals surface area contributed by atoms with E-state index in [4.69, 9.17) is 15.0 Å². The van der Waals surface area contributed by atoms with E-state index in [-0.39, 0.29) is 30.1 Å². The maximum Gasteiger partial charge on any atom is 0.354 e. The van der Waals surface area contributed by atoms with Crippen molar-refractivity contribution in [2.75, 3.05) is 6.61 Å². The van der Waals surface area contributed by atoms with Crippen LogP contribution in [0.15, 0.2) is 51.8 Å². The van der Waals surface area contributed by atoms with Gasteiger partial charge in [-0.15, -0.1) is 0 Å². The molecule has 2 rings (SSSR count). The van der Waals surface area contributed by atoms with Gasteiger partial charge in [-0.25, -0.2) is 13.6 Å². The quantitative estimate of drug-likeness (QED) is 0.497. The van der Waals surface area contributed by atoms with Crippen molar-refractivity contribution in [1.82, 2.24) is 5.16 Å². The molecule has 0 spiro atoms. The monoisotopic (exact) mass is 335 g/mol. The Hall–Kier alpha value is -3.03. The summed E-state index contributed by atoms with van der Waals surface area (Å²) >= 11 is 0. The second kappa shape index (κ2) is 8.00. The highest BCUT2D eigenvalue weighted by Gasteiger charge is 2.12. The number of benzene rings is 1. The Morgan fingerprint density at radius 2 is 2.21 bits per heavy atom. The molecule has 2 aromatic rings. The number of carbonyl (C=O) groups is 1. The Labute approximate surface area is 136 Å². The van der Waals surface area contributed by atoms with Gasteiger partial charge in [0.25, 0.3) is 0 Å². The number of rotatable bonds is 6. The zero-order valence-electron chi connectivity index (χ0n) is 12.8. The molecule has 0 fully saturated rings. The van der Waals surface area contributed by atoms with Crippen molar-refractivity contribution < 1.29 is 22.8 Å². The van der Waals surface area contributed by atoms with Crippen LogP contribution in [0.25, 0.3) is 0 Å². The van der Waals surface area contributed by atoms with E-state index in [1.807, 2.05) is 0 Å². The zero-order valence-corrected chi connectivity index (χ0v) is 12.8. The lowest BCUT2D eigenvalue weighted by atomic mass is 10.2. The number of carbonyl (C=O) groups excluding carboxylic acids is 1. The van der Waals surface area contributed by atoms with Gasteiger partial charge in [-0.1, -0.05) is 17.3 Å². The molecule has 0 aliphatic rings. The van der Waals surface area contributed by atoms with Crippen LogP contribution in [-0.2, 0) is 16.1 Å². The summed E-state index contributed by atoms with van der Waals surface area (Å²) in [4.78, 5) is 15.7. The number of allylic oxidation sites excluding steroid dienone is 1. The first-order valence-electron chi connectivity index (χ1n) is 7.05. The number of aromatic nitrogens is 1. The summed E-state index contributed by atoms with van der Waals surface area (Å²) in [7, 11) is 0. The molecule has 0 bridgehead atoms. The van der Waals surface area contributed by atoms with Crippen molar-refractivity contribution in [3.8, 4) is 0 Å². The molecular formula is C16H15F2N3O3. The van der Waals surface area contributed by atoms with Crippen LogP contribution in [0.5, 0.6) is 0 Å². The zero-order chi connectivity index (χ0) is 17.5. The van der Waals surface area contributed by atoms with Gasteiger partial charge >= 0.3 is 5.97 Å². The summed E-state index contributed by atoms with van der Waals surface area (Å²) in [6.07, 6.45) is 2.55. The number of ether oxygens (including phenoxy) is 1. The summed E-state index contributed by atoms with van der Waals surface area (Å²) in [5.41, 5.74) is 5.97. The van der Waals surface area contributed by atoms with Gasteiger partial charge in [0.2, 0.25) is 0 Å². The summed E-state index contributed by atoms with van der Waals surface area (Å²) < 4.78 is 36.4. The molecule has 0 radical (unpaired) electrons. The second-order valence-corrected chi connectivity index (χ2v) is 4.62. The van der Waals surface area contributed by atoms with Gasteiger partial charge in [-0.05, 0) is 19.1 Å². The second-order valence-electron chi connectivity index (χ2n) is 4.62. The molecule has 1 heterocycles. The summed E-state index contributed by atoms with van der Waals surface area (Å²) in [6.45, 7) is 1.64. The highest BCUT2D eigenvalue weighted by atomic mass is 19.2. The first-order valence-corrected chi connectivity index (χ1v) is 7.05. The topological polar surface area (TPSA) is 90.7 Å². The van der Waals surface area contributed by atoms with Crippen LogP contribution in [0.4, 0.5) is 8.78 Å². The minimum Gasteiger partial charge on any atom is -0.461 e. The molecule has 2 N–H and O–H groups in total. The van der Waals surface area contributed by atoms with Gasteiger partial charge in [0.15, 0.2) is 11.6 Å². The minimum absolute atomic E-state index is 0.0547. The Kier molecular flexibility index (Phi) is 5.78. The van der Waals surface area contributed by atoms with Crippen molar-refractivity contribution >= 4 is 11.7 Å². The van der Waals surface area contributed by atoms with Gasteiger partial charge < -0.3 is 15.0 Å². The number of nitrogens with two attached hydrogens (primary N) is 1.